The zero-order valence-corrected chi connectivity index (χ0v) is 12.4. The molecule has 0 N–H and O–H groups in total. The Morgan fingerprint density at radius 3 is 2.42 bits per heavy atom. The van der Waals surface area contributed by atoms with E-state index in [4.69, 9.17) is 0 Å². The van der Waals surface area contributed by atoms with Gasteiger partial charge in [-0.2, -0.15) is 0 Å². The largest absolute Gasteiger partial charge is 0.293 e. The van der Waals surface area contributed by atoms with Crippen LogP contribution >= 0.6 is 0 Å². The summed E-state index contributed by atoms with van der Waals surface area (Å²) < 4.78 is 0. The lowest BCUT2D eigenvalue weighted by molar-refractivity contribution is 0.0920. The summed E-state index contributed by atoms with van der Waals surface area (Å²) in [5.41, 5.74) is 2.05. The zero-order chi connectivity index (χ0) is 13.8. The molecule has 1 aromatic rings. The summed E-state index contributed by atoms with van der Waals surface area (Å²) in [5, 5.41) is 0. The van der Waals surface area contributed by atoms with E-state index in [9.17, 15) is 4.79 Å². The summed E-state index contributed by atoms with van der Waals surface area (Å²) in [6.07, 6.45) is 3.70. The number of carbonyl (C=O) groups excluding carboxylic acids is 1. The van der Waals surface area contributed by atoms with Gasteiger partial charge in [0.25, 0.3) is 0 Å². The van der Waals surface area contributed by atoms with E-state index in [1.807, 2.05) is 31.2 Å². The molecule has 0 spiro atoms. The SMILES string of the molecule is Cc1ccc(C(=O)CN(CCC(C)C)C2CC2)cc1. The molecule has 1 saturated carbocycles. The Hall–Kier alpha value is -1.15. The molecule has 1 aliphatic carbocycles. The van der Waals surface area contributed by atoms with Crippen LogP contribution in [0.1, 0.15) is 49.0 Å². The monoisotopic (exact) mass is 259 g/mol. The second-order valence-electron chi connectivity index (χ2n) is 6.17. The van der Waals surface area contributed by atoms with Gasteiger partial charge >= 0.3 is 0 Å². The molecule has 2 rings (SSSR count). The molecular formula is C17H25NO. The standard InChI is InChI=1S/C17H25NO/c1-13(2)10-11-18(16-8-9-16)12-17(19)15-6-4-14(3)5-7-15/h4-7,13,16H,8-12H2,1-3H3. The number of hydrogen-bond donors (Lipinski definition) is 0. The Kier molecular flexibility index (Phi) is 4.76. The van der Waals surface area contributed by atoms with E-state index in [0.717, 1.165) is 12.1 Å². The van der Waals surface area contributed by atoms with Gasteiger partial charge in [-0.15, -0.1) is 0 Å². The highest BCUT2D eigenvalue weighted by molar-refractivity contribution is 5.97. The highest BCUT2D eigenvalue weighted by Crippen LogP contribution is 2.27. The van der Waals surface area contributed by atoms with Gasteiger partial charge in [0.05, 0.1) is 6.54 Å². The molecule has 0 unspecified atom stereocenters. The second kappa shape index (κ2) is 6.33. The van der Waals surface area contributed by atoms with Gasteiger partial charge in [-0.25, -0.2) is 0 Å². The number of benzene rings is 1. The maximum absolute atomic E-state index is 12.3. The number of rotatable bonds is 7. The van der Waals surface area contributed by atoms with Crippen molar-refractivity contribution in [3.63, 3.8) is 0 Å². The smallest absolute Gasteiger partial charge is 0.176 e. The first-order chi connectivity index (χ1) is 9.06. The van der Waals surface area contributed by atoms with Crippen LogP contribution in [0.2, 0.25) is 0 Å². The molecule has 19 heavy (non-hydrogen) atoms. The number of carbonyl (C=O) groups is 1. The molecule has 1 aliphatic rings. The summed E-state index contributed by atoms with van der Waals surface area (Å²) >= 11 is 0. The molecule has 0 atom stereocenters. The molecule has 0 saturated heterocycles. The van der Waals surface area contributed by atoms with Crippen molar-refractivity contribution in [1.29, 1.82) is 0 Å². The average molecular weight is 259 g/mol. The van der Waals surface area contributed by atoms with Gasteiger partial charge in [0, 0.05) is 11.6 Å². The molecule has 0 amide bonds. The van der Waals surface area contributed by atoms with Crippen LogP contribution in [0, 0.1) is 12.8 Å². The van der Waals surface area contributed by atoms with E-state index < -0.39 is 0 Å². The van der Waals surface area contributed by atoms with Crippen molar-refractivity contribution < 1.29 is 4.79 Å². The fourth-order valence-corrected chi connectivity index (χ4v) is 2.27. The lowest BCUT2D eigenvalue weighted by Gasteiger charge is -2.22. The summed E-state index contributed by atoms with van der Waals surface area (Å²) in [7, 11) is 0. The van der Waals surface area contributed by atoms with Crippen LogP contribution in [0.25, 0.3) is 0 Å². The molecule has 1 aromatic carbocycles. The molecule has 0 bridgehead atoms. The van der Waals surface area contributed by atoms with Crippen molar-refractivity contribution in [2.45, 2.75) is 46.1 Å². The van der Waals surface area contributed by atoms with E-state index in [1.54, 1.807) is 0 Å². The van der Waals surface area contributed by atoms with Crippen LogP contribution in [0.5, 0.6) is 0 Å². The first-order valence-electron chi connectivity index (χ1n) is 7.40. The fraction of sp³-hybridized carbons (Fsp3) is 0.588. The summed E-state index contributed by atoms with van der Waals surface area (Å²) in [6.45, 7) is 8.17. The number of aryl methyl sites for hydroxylation is 1. The molecule has 0 aromatic heterocycles. The van der Waals surface area contributed by atoms with Crippen LogP contribution in [0.3, 0.4) is 0 Å². The highest BCUT2D eigenvalue weighted by atomic mass is 16.1. The van der Waals surface area contributed by atoms with Crippen LogP contribution in [0.15, 0.2) is 24.3 Å². The topological polar surface area (TPSA) is 20.3 Å². The molecule has 0 radical (unpaired) electrons. The molecule has 2 nitrogen and oxygen atoms in total. The van der Waals surface area contributed by atoms with E-state index in [2.05, 4.69) is 18.7 Å². The fourth-order valence-electron chi connectivity index (χ4n) is 2.27. The minimum Gasteiger partial charge on any atom is -0.293 e. The van der Waals surface area contributed by atoms with Gasteiger partial charge in [0.1, 0.15) is 0 Å². The van der Waals surface area contributed by atoms with Crippen molar-refractivity contribution >= 4 is 5.78 Å². The summed E-state index contributed by atoms with van der Waals surface area (Å²) in [4.78, 5) is 14.7. The summed E-state index contributed by atoms with van der Waals surface area (Å²) in [5.74, 6) is 0.964. The number of hydrogen-bond acceptors (Lipinski definition) is 2. The maximum Gasteiger partial charge on any atom is 0.176 e. The predicted molar refractivity (Wildman–Crippen MR) is 79.6 cm³/mol. The molecular weight excluding hydrogens is 234 g/mol. The van der Waals surface area contributed by atoms with Crippen molar-refractivity contribution in [3.8, 4) is 0 Å². The van der Waals surface area contributed by atoms with Crippen molar-refractivity contribution in [2.24, 2.45) is 5.92 Å². The molecule has 1 fully saturated rings. The average Bonchev–Trinajstić information content (AvgIpc) is 3.19. The molecule has 104 valence electrons. The Balaban J connectivity index is 1.92. The van der Waals surface area contributed by atoms with Crippen LogP contribution in [-0.4, -0.2) is 29.8 Å². The van der Waals surface area contributed by atoms with Crippen molar-refractivity contribution in [3.05, 3.63) is 35.4 Å². The quantitative estimate of drug-likeness (QED) is 0.696. The van der Waals surface area contributed by atoms with Crippen molar-refractivity contribution in [2.75, 3.05) is 13.1 Å². The highest BCUT2D eigenvalue weighted by Gasteiger charge is 2.30. The van der Waals surface area contributed by atoms with Crippen LogP contribution in [-0.2, 0) is 0 Å². The first-order valence-corrected chi connectivity index (χ1v) is 7.40. The molecule has 2 heteroatoms. The van der Waals surface area contributed by atoms with E-state index in [-0.39, 0.29) is 5.78 Å². The third kappa shape index (κ3) is 4.46. The number of nitrogens with zero attached hydrogens (tertiary/aromatic N) is 1. The normalized spacial score (nSPS) is 15.2. The zero-order valence-electron chi connectivity index (χ0n) is 12.4. The molecule has 0 aliphatic heterocycles. The van der Waals surface area contributed by atoms with E-state index in [1.165, 1.54) is 24.8 Å². The lowest BCUT2D eigenvalue weighted by atomic mass is 10.1. The van der Waals surface area contributed by atoms with E-state index in [0.29, 0.717) is 18.5 Å². The van der Waals surface area contributed by atoms with Crippen molar-refractivity contribution in [1.82, 2.24) is 4.90 Å². The van der Waals surface area contributed by atoms with Gasteiger partial charge in [0.15, 0.2) is 5.78 Å². The predicted octanol–water partition coefficient (Wildman–Crippen LogP) is 3.69. The number of Topliss-reactive ketones (excluding diaryl/α,β-unsaturated/α-hetero) is 1. The van der Waals surface area contributed by atoms with Gasteiger partial charge < -0.3 is 0 Å². The Morgan fingerprint density at radius 2 is 1.89 bits per heavy atom. The van der Waals surface area contributed by atoms with E-state index >= 15 is 0 Å². The molecule has 0 heterocycles. The Bertz CT molecular complexity index is 417. The van der Waals surface area contributed by atoms with Gasteiger partial charge in [-0.3, -0.25) is 9.69 Å². The van der Waals surface area contributed by atoms with Crippen LogP contribution < -0.4 is 0 Å². The third-order valence-electron chi connectivity index (χ3n) is 3.78. The Morgan fingerprint density at radius 1 is 1.26 bits per heavy atom. The second-order valence-corrected chi connectivity index (χ2v) is 6.17. The first kappa shape index (κ1) is 14.3. The number of ketones is 1. The Labute approximate surface area is 116 Å². The van der Waals surface area contributed by atoms with Crippen LogP contribution in [0.4, 0.5) is 0 Å². The maximum atomic E-state index is 12.3. The summed E-state index contributed by atoms with van der Waals surface area (Å²) in [6, 6.07) is 8.59. The third-order valence-corrected chi connectivity index (χ3v) is 3.78. The minimum absolute atomic E-state index is 0.260. The minimum atomic E-state index is 0.260. The lowest BCUT2D eigenvalue weighted by Crippen LogP contribution is -2.33. The van der Waals surface area contributed by atoms with Gasteiger partial charge in [0.2, 0.25) is 0 Å². The van der Waals surface area contributed by atoms with Gasteiger partial charge in [-0.1, -0.05) is 43.7 Å². The van der Waals surface area contributed by atoms with Gasteiger partial charge in [-0.05, 0) is 38.6 Å².